The summed E-state index contributed by atoms with van der Waals surface area (Å²) in [7, 11) is 0. The van der Waals surface area contributed by atoms with Gasteiger partial charge in [-0.15, -0.1) is 0 Å². The molecular formula is C21H27NO. The second-order valence-electron chi connectivity index (χ2n) is 7.26. The third-order valence-corrected chi connectivity index (χ3v) is 4.52. The van der Waals surface area contributed by atoms with Crippen LogP contribution in [0.15, 0.2) is 36.4 Å². The van der Waals surface area contributed by atoms with Crippen LogP contribution < -0.4 is 9.64 Å². The highest BCUT2D eigenvalue weighted by molar-refractivity contribution is 5.82. The van der Waals surface area contributed by atoms with Gasteiger partial charge < -0.3 is 9.64 Å². The van der Waals surface area contributed by atoms with Crippen LogP contribution in [-0.2, 0) is 0 Å². The minimum absolute atomic E-state index is 0.374. The van der Waals surface area contributed by atoms with Crippen molar-refractivity contribution >= 4 is 11.4 Å². The maximum atomic E-state index is 6.24. The number of hydrogen-bond acceptors (Lipinski definition) is 2. The molecule has 0 aliphatic carbocycles. The van der Waals surface area contributed by atoms with Crippen molar-refractivity contribution in [1.82, 2.24) is 0 Å². The normalized spacial score (nSPS) is 13.3. The molecule has 2 aromatic rings. The Morgan fingerprint density at radius 1 is 0.783 bits per heavy atom. The van der Waals surface area contributed by atoms with Crippen LogP contribution in [0, 0.1) is 0 Å². The van der Waals surface area contributed by atoms with Crippen LogP contribution in [0.25, 0.3) is 0 Å². The summed E-state index contributed by atoms with van der Waals surface area (Å²) < 4.78 is 6.24. The molecule has 0 fully saturated rings. The monoisotopic (exact) mass is 309 g/mol. The van der Waals surface area contributed by atoms with Gasteiger partial charge in [0.1, 0.15) is 0 Å². The standard InChI is InChI=1S/C21H27NO/c1-13(2)16-11-12-19-21(20(16)14(3)4)22(15(5)6)17-9-7-8-10-18(17)23-19/h7-15H,1-6H3. The van der Waals surface area contributed by atoms with Gasteiger partial charge in [0, 0.05) is 6.04 Å². The number of rotatable bonds is 3. The molecular weight excluding hydrogens is 282 g/mol. The van der Waals surface area contributed by atoms with E-state index in [0.717, 1.165) is 17.2 Å². The van der Waals surface area contributed by atoms with E-state index >= 15 is 0 Å². The summed E-state index contributed by atoms with van der Waals surface area (Å²) in [5.74, 6) is 2.88. The van der Waals surface area contributed by atoms with Gasteiger partial charge in [0.05, 0.1) is 11.4 Å². The molecule has 1 aliphatic heterocycles. The van der Waals surface area contributed by atoms with Crippen molar-refractivity contribution < 1.29 is 4.74 Å². The molecule has 122 valence electrons. The Kier molecular flexibility index (Phi) is 4.09. The lowest BCUT2D eigenvalue weighted by Gasteiger charge is -2.39. The molecule has 0 spiro atoms. The maximum absolute atomic E-state index is 6.24. The van der Waals surface area contributed by atoms with Crippen LogP contribution in [-0.4, -0.2) is 6.04 Å². The van der Waals surface area contributed by atoms with Gasteiger partial charge in [-0.25, -0.2) is 0 Å². The molecule has 0 saturated carbocycles. The van der Waals surface area contributed by atoms with E-state index in [1.165, 1.54) is 16.8 Å². The van der Waals surface area contributed by atoms with E-state index in [-0.39, 0.29) is 0 Å². The Bertz CT molecular complexity index is 716. The summed E-state index contributed by atoms with van der Waals surface area (Å²) in [6.07, 6.45) is 0. The zero-order chi connectivity index (χ0) is 16.7. The summed E-state index contributed by atoms with van der Waals surface area (Å²) in [5, 5.41) is 0. The van der Waals surface area contributed by atoms with Crippen LogP contribution >= 0.6 is 0 Å². The number of benzene rings is 2. The van der Waals surface area contributed by atoms with Gasteiger partial charge in [0.25, 0.3) is 0 Å². The van der Waals surface area contributed by atoms with E-state index in [2.05, 4.69) is 76.8 Å². The number of anilines is 2. The van der Waals surface area contributed by atoms with E-state index in [0.29, 0.717) is 17.9 Å². The van der Waals surface area contributed by atoms with Crippen molar-refractivity contribution in [2.45, 2.75) is 59.4 Å². The molecule has 0 amide bonds. The number of hydrogen-bond donors (Lipinski definition) is 0. The molecule has 0 unspecified atom stereocenters. The molecule has 0 aromatic heterocycles. The third-order valence-electron chi connectivity index (χ3n) is 4.52. The van der Waals surface area contributed by atoms with Gasteiger partial charge in [-0.05, 0) is 55.0 Å². The topological polar surface area (TPSA) is 12.5 Å². The quantitative estimate of drug-likeness (QED) is 0.634. The van der Waals surface area contributed by atoms with Crippen LogP contribution in [0.5, 0.6) is 11.5 Å². The number of para-hydroxylation sites is 2. The number of fused-ring (bicyclic) bond motifs is 2. The molecule has 0 bridgehead atoms. The number of nitrogens with zero attached hydrogens (tertiary/aromatic N) is 1. The van der Waals surface area contributed by atoms with Gasteiger partial charge in [-0.3, -0.25) is 0 Å². The third kappa shape index (κ3) is 2.60. The summed E-state index contributed by atoms with van der Waals surface area (Å²) in [6, 6.07) is 13.1. The zero-order valence-electron chi connectivity index (χ0n) is 15.1. The lowest BCUT2D eigenvalue weighted by atomic mass is 9.87. The predicted octanol–water partition coefficient (Wildman–Crippen LogP) is 6.59. The minimum atomic E-state index is 0.374. The lowest BCUT2D eigenvalue weighted by molar-refractivity contribution is 0.467. The van der Waals surface area contributed by atoms with E-state index in [9.17, 15) is 0 Å². The maximum Gasteiger partial charge on any atom is 0.151 e. The van der Waals surface area contributed by atoms with Crippen LogP contribution in [0.4, 0.5) is 11.4 Å². The van der Waals surface area contributed by atoms with E-state index in [1.807, 2.05) is 6.07 Å². The van der Waals surface area contributed by atoms with E-state index < -0.39 is 0 Å². The molecule has 2 aromatic carbocycles. The Balaban J connectivity index is 2.30. The van der Waals surface area contributed by atoms with Crippen molar-refractivity contribution in [2.24, 2.45) is 0 Å². The van der Waals surface area contributed by atoms with E-state index in [4.69, 9.17) is 4.74 Å². The Labute approximate surface area is 140 Å². The molecule has 0 saturated heterocycles. The molecule has 2 nitrogen and oxygen atoms in total. The van der Waals surface area contributed by atoms with Crippen LogP contribution in [0.3, 0.4) is 0 Å². The van der Waals surface area contributed by atoms with Crippen molar-refractivity contribution in [2.75, 3.05) is 4.90 Å². The van der Waals surface area contributed by atoms with Crippen molar-refractivity contribution in [3.05, 3.63) is 47.5 Å². The first-order valence-electron chi connectivity index (χ1n) is 8.64. The fraction of sp³-hybridized carbons (Fsp3) is 0.429. The molecule has 1 aliphatic rings. The van der Waals surface area contributed by atoms with Crippen molar-refractivity contribution in [1.29, 1.82) is 0 Å². The summed E-state index contributed by atoms with van der Waals surface area (Å²) in [4.78, 5) is 2.44. The summed E-state index contributed by atoms with van der Waals surface area (Å²) >= 11 is 0. The Morgan fingerprint density at radius 3 is 2.09 bits per heavy atom. The predicted molar refractivity (Wildman–Crippen MR) is 98.4 cm³/mol. The molecule has 3 rings (SSSR count). The minimum Gasteiger partial charge on any atom is -0.453 e. The molecule has 1 heterocycles. The zero-order valence-corrected chi connectivity index (χ0v) is 15.1. The smallest absolute Gasteiger partial charge is 0.151 e. The lowest BCUT2D eigenvalue weighted by Crippen LogP contribution is -2.30. The highest BCUT2D eigenvalue weighted by atomic mass is 16.5. The summed E-state index contributed by atoms with van der Waals surface area (Å²) in [6.45, 7) is 13.6. The van der Waals surface area contributed by atoms with Gasteiger partial charge in [-0.1, -0.05) is 45.9 Å². The van der Waals surface area contributed by atoms with E-state index in [1.54, 1.807) is 0 Å². The number of ether oxygens (including phenoxy) is 1. The molecule has 0 atom stereocenters. The second kappa shape index (κ2) is 5.92. The van der Waals surface area contributed by atoms with Gasteiger partial charge in [0.15, 0.2) is 11.5 Å². The van der Waals surface area contributed by atoms with Crippen molar-refractivity contribution in [3.8, 4) is 11.5 Å². The largest absolute Gasteiger partial charge is 0.453 e. The first-order chi connectivity index (χ1) is 10.9. The fourth-order valence-electron chi connectivity index (χ4n) is 3.56. The molecule has 23 heavy (non-hydrogen) atoms. The van der Waals surface area contributed by atoms with Gasteiger partial charge in [-0.2, -0.15) is 0 Å². The van der Waals surface area contributed by atoms with Gasteiger partial charge >= 0.3 is 0 Å². The molecule has 0 N–H and O–H groups in total. The highest BCUT2D eigenvalue weighted by Crippen LogP contribution is 2.52. The molecule has 2 heteroatoms. The van der Waals surface area contributed by atoms with Crippen LogP contribution in [0.2, 0.25) is 0 Å². The Hall–Kier alpha value is -1.96. The average molecular weight is 309 g/mol. The first-order valence-corrected chi connectivity index (χ1v) is 8.64. The SMILES string of the molecule is CC(C)c1ccc2c(c1C(C)C)N(C(C)C)c1ccccc1O2. The van der Waals surface area contributed by atoms with Crippen LogP contribution in [0.1, 0.15) is 64.5 Å². The Morgan fingerprint density at radius 2 is 1.48 bits per heavy atom. The summed E-state index contributed by atoms with van der Waals surface area (Å²) in [5.41, 5.74) is 5.26. The second-order valence-corrected chi connectivity index (χ2v) is 7.26. The fourth-order valence-corrected chi connectivity index (χ4v) is 3.56. The highest BCUT2D eigenvalue weighted by Gasteiger charge is 2.31. The first kappa shape index (κ1) is 15.9. The average Bonchev–Trinajstić information content (AvgIpc) is 2.50. The van der Waals surface area contributed by atoms with Gasteiger partial charge in [0.2, 0.25) is 0 Å². The molecule has 0 radical (unpaired) electrons. The van der Waals surface area contributed by atoms with Crippen molar-refractivity contribution in [3.63, 3.8) is 0 Å².